The molecule has 0 aliphatic heterocycles. The average molecular weight is 302 g/mol. The van der Waals surface area contributed by atoms with Gasteiger partial charge in [-0.1, -0.05) is 23.7 Å². The van der Waals surface area contributed by atoms with Gasteiger partial charge in [0.1, 0.15) is 11.3 Å². The Balaban J connectivity index is 2.25. The van der Waals surface area contributed by atoms with Crippen LogP contribution in [-0.4, -0.2) is 20.5 Å². The lowest BCUT2D eigenvalue weighted by atomic mass is 10.1. The van der Waals surface area contributed by atoms with E-state index >= 15 is 0 Å². The fourth-order valence-corrected chi connectivity index (χ4v) is 2.18. The van der Waals surface area contributed by atoms with Gasteiger partial charge in [0.15, 0.2) is 0 Å². The number of nitrogens with zero attached hydrogens (tertiary/aromatic N) is 3. The minimum absolute atomic E-state index is 0.0904. The second kappa shape index (κ2) is 4.99. The number of imidazole rings is 1. The molecule has 1 N–H and O–H groups in total. The van der Waals surface area contributed by atoms with Gasteiger partial charge in [-0.3, -0.25) is 4.40 Å². The van der Waals surface area contributed by atoms with Crippen LogP contribution in [0, 0.1) is 4.91 Å². The van der Waals surface area contributed by atoms with Crippen molar-refractivity contribution < 1.29 is 9.90 Å². The van der Waals surface area contributed by atoms with Gasteiger partial charge in [-0.2, -0.15) is 0 Å². The molecular formula is C14H8ClN3O3. The summed E-state index contributed by atoms with van der Waals surface area (Å²) in [4.78, 5) is 26.4. The zero-order valence-electron chi connectivity index (χ0n) is 10.5. The first kappa shape index (κ1) is 13.3. The zero-order chi connectivity index (χ0) is 15.0. The summed E-state index contributed by atoms with van der Waals surface area (Å²) in [6.45, 7) is 0. The van der Waals surface area contributed by atoms with Gasteiger partial charge in [0, 0.05) is 16.8 Å². The van der Waals surface area contributed by atoms with Gasteiger partial charge in [-0.05, 0) is 29.4 Å². The van der Waals surface area contributed by atoms with Crippen LogP contribution in [-0.2, 0) is 0 Å². The minimum atomic E-state index is -1.06. The Morgan fingerprint density at radius 2 is 1.95 bits per heavy atom. The lowest BCUT2D eigenvalue weighted by molar-refractivity contribution is 0.0697. The Morgan fingerprint density at radius 1 is 1.24 bits per heavy atom. The quantitative estimate of drug-likeness (QED) is 0.747. The maximum atomic E-state index is 11.1. The highest BCUT2D eigenvalue weighted by molar-refractivity contribution is 6.30. The van der Waals surface area contributed by atoms with Crippen molar-refractivity contribution in [2.24, 2.45) is 5.18 Å². The third-order valence-corrected chi connectivity index (χ3v) is 3.30. The SMILES string of the molecule is O=Nc1c(-c2ccc(Cl)cc2)nc2cc(C(=O)O)ccn12. The number of benzene rings is 1. The molecule has 0 aliphatic rings. The van der Waals surface area contributed by atoms with E-state index in [0.717, 1.165) is 0 Å². The predicted octanol–water partition coefficient (Wildman–Crippen LogP) is 3.75. The molecule has 0 saturated heterocycles. The van der Waals surface area contributed by atoms with Crippen molar-refractivity contribution in [3.63, 3.8) is 0 Å². The number of hydrogen-bond donors (Lipinski definition) is 1. The number of hydrogen-bond acceptors (Lipinski definition) is 4. The molecule has 104 valence electrons. The summed E-state index contributed by atoms with van der Waals surface area (Å²) in [5, 5.41) is 12.6. The van der Waals surface area contributed by atoms with Gasteiger partial charge in [0.05, 0.1) is 5.56 Å². The van der Waals surface area contributed by atoms with Gasteiger partial charge in [0.25, 0.3) is 0 Å². The Bertz CT molecular complexity index is 856. The summed E-state index contributed by atoms with van der Waals surface area (Å²) in [7, 11) is 0. The van der Waals surface area contributed by atoms with E-state index in [0.29, 0.717) is 21.9 Å². The number of halogens is 1. The molecule has 0 amide bonds. The second-order valence-corrected chi connectivity index (χ2v) is 4.77. The minimum Gasteiger partial charge on any atom is -0.478 e. The van der Waals surface area contributed by atoms with E-state index in [2.05, 4.69) is 10.2 Å². The molecule has 2 heterocycles. The highest BCUT2D eigenvalue weighted by Gasteiger charge is 2.16. The van der Waals surface area contributed by atoms with Gasteiger partial charge in [0.2, 0.25) is 5.82 Å². The zero-order valence-corrected chi connectivity index (χ0v) is 11.3. The van der Waals surface area contributed by atoms with Gasteiger partial charge < -0.3 is 5.11 Å². The topological polar surface area (TPSA) is 84.0 Å². The predicted molar refractivity (Wildman–Crippen MR) is 78.1 cm³/mol. The van der Waals surface area contributed by atoms with Gasteiger partial charge in [-0.25, -0.2) is 9.78 Å². The van der Waals surface area contributed by atoms with Crippen molar-refractivity contribution in [2.75, 3.05) is 0 Å². The number of carboxylic acids is 1. The van der Waals surface area contributed by atoms with Crippen molar-refractivity contribution in [3.8, 4) is 11.3 Å². The van der Waals surface area contributed by atoms with Crippen LogP contribution in [0.5, 0.6) is 0 Å². The summed E-state index contributed by atoms with van der Waals surface area (Å²) in [5.41, 5.74) is 1.49. The van der Waals surface area contributed by atoms with Crippen molar-refractivity contribution in [1.29, 1.82) is 0 Å². The van der Waals surface area contributed by atoms with Crippen LogP contribution in [0.2, 0.25) is 5.02 Å². The Morgan fingerprint density at radius 3 is 2.57 bits per heavy atom. The Kier molecular flexibility index (Phi) is 3.15. The summed E-state index contributed by atoms with van der Waals surface area (Å²) >= 11 is 5.83. The molecule has 0 aliphatic carbocycles. The number of carboxylic acid groups (broad SMARTS) is 1. The van der Waals surface area contributed by atoms with Gasteiger partial charge >= 0.3 is 5.97 Å². The van der Waals surface area contributed by atoms with Crippen LogP contribution >= 0.6 is 11.6 Å². The summed E-state index contributed by atoms with van der Waals surface area (Å²) in [6.07, 6.45) is 1.46. The molecule has 0 bridgehead atoms. The third-order valence-electron chi connectivity index (χ3n) is 3.05. The van der Waals surface area contributed by atoms with Gasteiger partial charge in [-0.15, -0.1) is 4.91 Å². The lowest BCUT2D eigenvalue weighted by Gasteiger charge is -1.98. The molecule has 0 unspecified atom stereocenters. The molecule has 21 heavy (non-hydrogen) atoms. The maximum Gasteiger partial charge on any atom is 0.335 e. The number of pyridine rings is 1. The average Bonchev–Trinajstić information content (AvgIpc) is 2.85. The highest BCUT2D eigenvalue weighted by atomic mass is 35.5. The number of fused-ring (bicyclic) bond motifs is 1. The lowest BCUT2D eigenvalue weighted by Crippen LogP contribution is -1.97. The largest absolute Gasteiger partial charge is 0.478 e. The fourth-order valence-electron chi connectivity index (χ4n) is 2.05. The van der Waals surface area contributed by atoms with E-state index in [1.54, 1.807) is 24.3 Å². The molecule has 3 rings (SSSR count). The molecule has 0 fully saturated rings. The molecule has 0 radical (unpaired) electrons. The van der Waals surface area contributed by atoms with Crippen LogP contribution in [0.1, 0.15) is 10.4 Å². The highest BCUT2D eigenvalue weighted by Crippen LogP contribution is 2.31. The van der Waals surface area contributed by atoms with Crippen LogP contribution in [0.4, 0.5) is 5.82 Å². The molecule has 0 saturated carbocycles. The maximum absolute atomic E-state index is 11.1. The summed E-state index contributed by atoms with van der Waals surface area (Å²) < 4.78 is 1.45. The molecule has 2 aromatic heterocycles. The molecule has 0 spiro atoms. The normalized spacial score (nSPS) is 10.7. The standard InChI is InChI=1S/C14H8ClN3O3/c15-10-3-1-8(2-4-10)12-13(17-21)18-6-5-9(14(19)20)7-11(18)16-12/h1-7H,(H,19,20). The number of nitroso groups, excluding NO2 is 1. The van der Waals surface area contributed by atoms with E-state index < -0.39 is 5.97 Å². The summed E-state index contributed by atoms with van der Waals surface area (Å²) in [6, 6.07) is 9.57. The Labute approximate surface area is 123 Å². The smallest absolute Gasteiger partial charge is 0.335 e. The van der Waals surface area contributed by atoms with E-state index in [9.17, 15) is 9.70 Å². The van der Waals surface area contributed by atoms with Crippen molar-refractivity contribution >= 4 is 29.0 Å². The first-order chi connectivity index (χ1) is 10.1. The van der Waals surface area contributed by atoms with Crippen LogP contribution in [0.25, 0.3) is 16.9 Å². The van der Waals surface area contributed by atoms with E-state index in [1.165, 1.54) is 22.7 Å². The van der Waals surface area contributed by atoms with Crippen LogP contribution in [0.3, 0.4) is 0 Å². The van der Waals surface area contributed by atoms with E-state index in [1.807, 2.05) is 0 Å². The Hall–Kier alpha value is -2.73. The van der Waals surface area contributed by atoms with Crippen LogP contribution < -0.4 is 0 Å². The van der Waals surface area contributed by atoms with Crippen molar-refractivity contribution in [1.82, 2.24) is 9.38 Å². The second-order valence-electron chi connectivity index (χ2n) is 4.33. The first-order valence-corrected chi connectivity index (χ1v) is 6.32. The molecule has 1 aromatic carbocycles. The van der Waals surface area contributed by atoms with E-state index in [-0.39, 0.29) is 11.4 Å². The number of rotatable bonds is 3. The molecular weight excluding hydrogens is 294 g/mol. The summed E-state index contributed by atoms with van der Waals surface area (Å²) in [5.74, 6) is -0.946. The molecule has 0 atom stereocenters. The van der Waals surface area contributed by atoms with Crippen LogP contribution in [0.15, 0.2) is 47.8 Å². The van der Waals surface area contributed by atoms with Crippen molar-refractivity contribution in [2.45, 2.75) is 0 Å². The first-order valence-electron chi connectivity index (χ1n) is 5.95. The molecule has 7 heteroatoms. The number of aromatic nitrogens is 2. The number of carbonyl (C=O) groups is 1. The molecule has 6 nitrogen and oxygen atoms in total. The van der Waals surface area contributed by atoms with Crippen molar-refractivity contribution in [3.05, 3.63) is 58.1 Å². The molecule has 3 aromatic rings. The fraction of sp³-hybridized carbons (Fsp3) is 0. The van der Waals surface area contributed by atoms with E-state index in [4.69, 9.17) is 16.7 Å². The monoisotopic (exact) mass is 301 g/mol. The third kappa shape index (κ3) is 2.25. The number of aromatic carboxylic acids is 1.